The van der Waals surface area contributed by atoms with Crippen molar-refractivity contribution in [1.82, 2.24) is 4.72 Å². The van der Waals surface area contributed by atoms with E-state index in [0.29, 0.717) is 5.92 Å². The van der Waals surface area contributed by atoms with Gasteiger partial charge in [0.2, 0.25) is 10.0 Å². The predicted molar refractivity (Wildman–Crippen MR) is 88.7 cm³/mol. The summed E-state index contributed by atoms with van der Waals surface area (Å²) >= 11 is 0. The van der Waals surface area contributed by atoms with Gasteiger partial charge in [-0.2, -0.15) is 0 Å². The Morgan fingerprint density at radius 1 is 1.10 bits per heavy atom. The molecule has 120 valence electrons. The molecule has 21 heavy (non-hydrogen) atoms. The third-order valence-electron chi connectivity index (χ3n) is 3.76. The highest BCUT2D eigenvalue weighted by Gasteiger charge is 2.16. The van der Waals surface area contributed by atoms with Gasteiger partial charge >= 0.3 is 0 Å². The standard InChI is InChI=1S/C16H28N2O2S/c1-5-13(4)11-21(19,20)18-10-16(17)15-8-6-14(7-9-15)12(2)3/h6-9,12-13,16,18H,5,10-11,17H2,1-4H3. The van der Waals surface area contributed by atoms with Crippen LogP contribution in [0.15, 0.2) is 24.3 Å². The van der Waals surface area contributed by atoms with Crippen molar-refractivity contribution < 1.29 is 8.42 Å². The van der Waals surface area contributed by atoms with Gasteiger partial charge in [-0.25, -0.2) is 13.1 Å². The molecule has 0 spiro atoms. The lowest BCUT2D eigenvalue weighted by Gasteiger charge is -2.16. The summed E-state index contributed by atoms with van der Waals surface area (Å²) in [6.07, 6.45) is 0.851. The number of sulfonamides is 1. The Morgan fingerprint density at radius 3 is 2.10 bits per heavy atom. The lowest BCUT2D eigenvalue weighted by atomic mass is 9.99. The fourth-order valence-corrected chi connectivity index (χ4v) is 3.55. The molecule has 0 saturated heterocycles. The largest absolute Gasteiger partial charge is 0.323 e. The molecule has 1 aromatic carbocycles. The van der Waals surface area contributed by atoms with Crippen molar-refractivity contribution in [1.29, 1.82) is 0 Å². The third-order valence-corrected chi connectivity index (χ3v) is 5.37. The molecule has 2 unspecified atom stereocenters. The molecule has 1 rings (SSSR count). The molecular formula is C16H28N2O2S. The Bertz CT molecular complexity index is 524. The van der Waals surface area contributed by atoms with Crippen molar-refractivity contribution in [2.45, 2.75) is 46.1 Å². The smallest absolute Gasteiger partial charge is 0.211 e. The first kappa shape index (κ1) is 18.1. The summed E-state index contributed by atoms with van der Waals surface area (Å²) < 4.78 is 26.4. The zero-order chi connectivity index (χ0) is 16.0. The normalized spacial score (nSPS) is 15.1. The summed E-state index contributed by atoms with van der Waals surface area (Å²) in [5, 5.41) is 0. The van der Waals surface area contributed by atoms with Crippen LogP contribution in [0.1, 0.15) is 57.2 Å². The van der Waals surface area contributed by atoms with Crippen molar-refractivity contribution in [3.05, 3.63) is 35.4 Å². The second-order valence-electron chi connectivity index (χ2n) is 6.07. The minimum atomic E-state index is -3.25. The van der Waals surface area contributed by atoms with E-state index in [4.69, 9.17) is 5.73 Å². The first-order valence-electron chi connectivity index (χ1n) is 7.58. The van der Waals surface area contributed by atoms with Crippen molar-refractivity contribution >= 4 is 10.0 Å². The Balaban J connectivity index is 2.59. The van der Waals surface area contributed by atoms with Gasteiger partial charge in [0, 0.05) is 12.6 Å². The van der Waals surface area contributed by atoms with Crippen LogP contribution in [-0.2, 0) is 10.0 Å². The van der Waals surface area contributed by atoms with Crippen molar-refractivity contribution in [3.63, 3.8) is 0 Å². The summed E-state index contributed by atoms with van der Waals surface area (Å²) in [4.78, 5) is 0. The summed E-state index contributed by atoms with van der Waals surface area (Å²) in [5.74, 6) is 0.788. The molecule has 0 aliphatic rings. The van der Waals surface area contributed by atoms with Gasteiger partial charge in [-0.05, 0) is 23.0 Å². The molecule has 3 N–H and O–H groups in total. The number of hydrogen-bond acceptors (Lipinski definition) is 3. The molecule has 0 heterocycles. The van der Waals surface area contributed by atoms with Gasteiger partial charge in [0.25, 0.3) is 0 Å². The lowest BCUT2D eigenvalue weighted by Crippen LogP contribution is -2.34. The number of rotatable bonds is 8. The Kier molecular flexibility index (Phi) is 6.84. The van der Waals surface area contributed by atoms with E-state index in [-0.39, 0.29) is 24.3 Å². The van der Waals surface area contributed by atoms with E-state index in [1.165, 1.54) is 5.56 Å². The topological polar surface area (TPSA) is 72.2 Å². The fraction of sp³-hybridized carbons (Fsp3) is 0.625. The van der Waals surface area contributed by atoms with Crippen LogP contribution in [0.4, 0.5) is 0 Å². The molecule has 4 nitrogen and oxygen atoms in total. The maximum absolute atomic E-state index is 11.9. The molecule has 0 aromatic heterocycles. The van der Waals surface area contributed by atoms with Gasteiger partial charge in [-0.15, -0.1) is 0 Å². The van der Waals surface area contributed by atoms with Gasteiger partial charge in [0.1, 0.15) is 0 Å². The van der Waals surface area contributed by atoms with Crippen LogP contribution in [0.25, 0.3) is 0 Å². The molecule has 0 aliphatic carbocycles. The van der Waals surface area contributed by atoms with Crippen molar-refractivity contribution in [3.8, 4) is 0 Å². The molecule has 0 bridgehead atoms. The second kappa shape index (κ2) is 7.92. The fourth-order valence-electron chi connectivity index (χ4n) is 2.01. The highest BCUT2D eigenvalue weighted by molar-refractivity contribution is 7.89. The van der Waals surface area contributed by atoms with Crippen LogP contribution in [0.2, 0.25) is 0 Å². The van der Waals surface area contributed by atoms with Gasteiger partial charge in [0.05, 0.1) is 5.75 Å². The molecule has 5 heteroatoms. The Hall–Kier alpha value is -0.910. The molecule has 0 amide bonds. The highest BCUT2D eigenvalue weighted by atomic mass is 32.2. The quantitative estimate of drug-likeness (QED) is 0.775. The molecular weight excluding hydrogens is 284 g/mol. The number of hydrogen-bond donors (Lipinski definition) is 2. The van der Waals surface area contributed by atoms with Crippen molar-refractivity contribution in [2.24, 2.45) is 11.7 Å². The van der Waals surface area contributed by atoms with Gasteiger partial charge < -0.3 is 5.73 Å². The second-order valence-corrected chi connectivity index (χ2v) is 7.92. The maximum atomic E-state index is 11.9. The number of nitrogens with two attached hydrogens (primary N) is 1. The van der Waals surface area contributed by atoms with E-state index in [2.05, 4.69) is 18.6 Å². The van der Waals surface area contributed by atoms with E-state index in [1.54, 1.807) is 0 Å². The molecule has 0 radical (unpaired) electrons. The lowest BCUT2D eigenvalue weighted by molar-refractivity contribution is 0.546. The van der Waals surface area contributed by atoms with E-state index in [0.717, 1.165) is 12.0 Å². The minimum Gasteiger partial charge on any atom is -0.323 e. The first-order valence-corrected chi connectivity index (χ1v) is 9.23. The van der Waals surface area contributed by atoms with E-state index in [9.17, 15) is 8.42 Å². The molecule has 2 atom stereocenters. The average Bonchev–Trinajstić information content (AvgIpc) is 2.44. The zero-order valence-corrected chi connectivity index (χ0v) is 14.3. The molecule has 1 aromatic rings. The number of nitrogens with one attached hydrogen (secondary N) is 1. The SMILES string of the molecule is CCC(C)CS(=O)(=O)NCC(N)c1ccc(C(C)C)cc1. The monoisotopic (exact) mass is 312 g/mol. The van der Waals surface area contributed by atoms with E-state index < -0.39 is 10.0 Å². The summed E-state index contributed by atoms with van der Waals surface area (Å²) in [6.45, 7) is 8.43. The summed E-state index contributed by atoms with van der Waals surface area (Å²) in [7, 11) is -3.25. The van der Waals surface area contributed by atoms with Gasteiger partial charge in [-0.1, -0.05) is 58.4 Å². The number of benzene rings is 1. The summed E-state index contributed by atoms with van der Waals surface area (Å²) in [6, 6.07) is 7.73. The minimum absolute atomic E-state index is 0.155. The van der Waals surface area contributed by atoms with Crippen molar-refractivity contribution in [2.75, 3.05) is 12.3 Å². The summed E-state index contributed by atoms with van der Waals surface area (Å²) in [5.41, 5.74) is 8.27. The van der Waals surface area contributed by atoms with E-state index in [1.807, 2.05) is 38.1 Å². The first-order chi connectivity index (χ1) is 9.75. The average molecular weight is 312 g/mol. The molecule has 0 saturated carbocycles. The van der Waals surface area contributed by atoms with Crippen LogP contribution < -0.4 is 10.5 Å². The van der Waals surface area contributed by atoms with Crippen LogP contribution >= 0.6 is 0 Å². The molecule has 0 aliphatic heterocycles. The van der Waals surface area contributed by atoms with Crippen LogP contribution in [0, 0.1) is 5.92 Å². The van der Waals surface area contributed by atoms with Crippen LogP contribution in [0.5, 0.6) is 0 Å². The Morgan fingerprint density at radius 2 is 1.62 bits per heavy atom. The maximum Gasteiger partial charge on any atom is 0.211 e. The van der Waals surface area contributed by atoms with Gasteiger partial charge in [0.15, 0.2) is 0 Å². The highest BCUT2D eigenvalue weighted by Crippen LogP contribution is 2.17. The van der Waals surface area contributed by atoms with Crippen LogP contribution in [0.3, 0.4) is 0 Å². The van der Waals surface area contributed by atoms with Gasteiger partial charge in [-0.3, -0.25) is 0 Å². The zero-order valence-electron chi connectivity index (χ0n) is 13.5. The predicted octanol–water partition coefficient (Wildman–Crippen LogP) is 2.78. The molecule has 0 fully saturated rings. The Labute approximate surface area is 129 Å². The van der Waals surface area contributed by atoms with Crippen LogP contribution in [-0.4, -0.2) is 20.7 Å². The third kappa shape index (κ3) is 6.16. The van der Waals surface area contributed by atoms with E-state index >= 15 is 0 Å².